The predicted octanol–water partition coefficient (Wildman–Crippen LogP) is 5.77. The molecule has 2 aromatic carbocycles. The van der Waals surface area contributed by atoms with Crippen LogP contribution in [0.5, 0.6) is 5.75 Å². The van der Waals surface area contributed by atoms with Gasteiger partial charge in [0, 0.05) is 17.6 Å². The van der Waals surface area contributed by atoms with E-state index in [1.807, 2.05) is 0 Å². The van der Waals surface area contributed by atoms with Gasteiger partial charge in [-0.1, -0.05) is 11.6 Å². The zero-order valence-corrected chi connectivity index (χ0v) is 15.2. The molecule has 150 valence electrons. The third kappa shape index (κ3) is 5.58. The Hall–Kier alpha value is -3.33. The van der Waals surface area contributed by atoms with Crippen molar-refractivity contribution < 1.29 is 27.1 Å². The summed E-state index contributed by atoms with van der Waals surface area (Å²) in [5, 5.41) is 5.33. The average molecular weight is 426 g/mol. The van der Waals surface area contributed by atoms with Crippen LogP contribution in [0.25, 0.3) is 0 Å². The van der Waals surface area contributed by atoms with E-state index in [1.165, 1.54) is 42.6 Å². The summed E-state index contributed by atoms with van der Waals surface area (Å²) in [7, 11) is 0. The van der Waals surface area contributed by atoms with E-state index in [2.05, 4.69) is 20.4 Å². The van der Waals surface area contributed by atoms with Gasteiger partial charge in [0.25, 0.3) is 5.91 Å². The van der Waals surface area contributed by atoms with Crippen LogP contribution < -0.4 is 15.4 Å². The Morgan fingerprint density at radius 3 is 2.38 bits per heavy atom. The Bertz CT molecular complexity index is 1030. The van der Waals surface area contributed by atoms with Gasteiger partial charge in [-0.25, -0.2) is 9.37 Å². The summed E-state index contributed by atoms with van der Waals surface area (Å²) in [6, 6.07) is 11.7. The third-order valence-electron chi connectivity index (χ3n) is 3.58. The Morgan fingerprint density at radius 2 is 1.72 bits per heavy atom. The number of nitrogens with zero attached hydrogens (tertiary/aromatic N) is 1. The number of carbonyl (C=O) groups is 1. The van der Waals surface area contributed by atoms with Gasteiger partial charge in [0.05, 0.1) is 10.6 Å². The first-order valence-electron chi connectivity index (χ1n) is 8.05. The topological polar surface area (TPSA) is 63.2 Å². The molecule has 29 heavy (non-hydrogen) atoms. The zero-order chi connectivity index (χ0) is 21.0. The zero-order valence-electron chi connectivity index (χ0n) is 14.4. The molecule has 2 N–H and O–H groups in total. The van der Waals surface area contributed by atoms with Crippen LogP contribution in [-0.4, -0.2) is 17.3 Å². The lowest BCUT2D eigenvalue weighted by Gasteiger charge is -2.12. The maximum absolute atomic E-state index is 13.3. The van der Waals surface area contributed by atoms with E-state index >= 15 is 0 Å². The Morgan fingerprint density at radius 1 is 1.03 bits per heavy atom. The number of amides is 1. The number of aromatic nitrogens is 1. The van der Waals surface area contributed by atoms with Crippen molar-refractivity contribution in [1.82, 2.24) is 4.98 Å². The molecule has 0 bridgehead atoms. The molecule has 0 saturated carbocycles. The largest absolute Gasteiger partial charge is 0.573 e. The fraction of sp³-hybridized carbons (Fsp3) is 0.0526. The first-order valence-corrected chi connectivity index (χ1v) is 8.43. The van der Waals surface area contributed by atoms with E-state index in [9.17, 15) is 22.4 Å². The monoisotopic (exact) mass is 425 g/mol. The molecule has 0 atom stereocenters. The molecule has 10 heteroatoms. The summed E-state index contributed by atoms with van der Waals surface area (Å²) in [4.78, 5) is 16.7. The summed E-state index contributed by atoms with van der Waals surface area (Å²) in [5.74, 6) is -1.37. The van der Waals surface area contributed by atoms with Crippen molar-refractivity contribution in [2.75, 3.05) is 10.6 Å². The van der Waals surface area contributed by atoms with Crippen LogP contribution >= 0.6 is 11.6 Å². The molecule has 1 amide bonds. The fourth-order valence-electron chi connectivity index (χ4n) is 2.34. The summed E-state index contributed by atoms with van der Waals surface area (Å²) in [6.45, 7) is 0. The molecule has 1 heterocycles. The normalized spacial score (nSPS) is 11.1. The maximum atomic E-state index is 13.3. The van der Waals surface area contributed by atoms with Crippen molar-refractivity contribution in [2.24, 2.45) is 0 Å². The SMILES string of the molecule is O=C(Nc1ccc(OC(F)(F)F)cc1)c1cccnc1Nc1ccc(F)c(Cl)c1. The number of benzene rings is 2. The first-order chi connectivity index (χ1) is 13.7. The number of nitrogens with one attached hydrogen (secondary N) is 2. The molecule has 0 radical (unpaired) electrons. The lowest BCUT2D eigenvalue weighted by molar-refractivity contribution is -0.274. The van der Waals surface area contributed by atoms with Crippen LogP contribution in [0.15, 0.2) is 60.8 Å². The van der Waals surface area contributed by atoms with E-state index in [1.54, 1.807) is 0 Å². The molecular formula is C19H12ClF4N3O2. The highest BCUT2D eigenvalue weighted by atomic mass is 35.5. The summed E-state index contributed by atoms with van der Waals surface area (Å²) < 4.78 is 53.7. The Labute approximate surface area is 167 Å². The van der Waals surface area contributed by atoms with Gasteiger partial charge in [-0.2, -0.15) is 0 Å². The lowest BCUT2D eigenvalue weighted by atomic mass is 10.2. The van der Waals surface area contributed by atoms with Crippen LogP contribution in [0.4, 0.5) is 34.8 Å². The maximum Gasteiger partial charge on any atom is 0.573 e. The Kier molecular flexibility index (Phi) is 5.88. The highest BCUT2D eigenvalue weighted by molar-refractivity contribution is 6.31. The number of halogens is 5. The molecule has 0 aliphatic rings. The number of hydrogen-bond donors (Lipinski definition) is 2. The number of pyridine rings is 1. The second-order valence-electron chi connectivity index (χ2n) is 5.68. The molecule has 0 fully saturated rings. The number of rotatable bonds is 5. The number of anilines is 3. The van der Waals surface area contributed by atoms with Crippen molar-refractivity contribution in [3.05, 3.63) is 77.2 Å². The molecule has 0 unspecified atom stereocenters. The highest BCUT2D eigenvalue weighted by Crippen LogP contribution is 2.26. The standard InChI is InChI=1S/C19H12ClF4N3O2/c20-15-10-12(5-8-16(15)21)26-17-14(2-1-9-25-17)18(28)27-11-3-6-13(7-4-11)29-19(22,23)24/h1-10H,(H,25,26)(H,27,28). The fourth-order valence-corrected chi connectivity index (χ4v) is 2.52. The highest BCUT2D eigenvalue weighted by Gasteiger charge is 2.31. The van der Waals surface area contributed by atoms with E-state index in [0.29, 0.717) is 5.69 Å². The van der Waals surface area contributed by atoms with Crippen LogP contribution in [-0.2, 0) is 0 Å². The number of alkyl halides is 3. The van der Waals surface area contributed by atoms with Crippen LogP contribution in [0, 0.1) is 5.82 Å². The third-order valence-corrected chi connectivity index (χ3v) is 3.87. The predicted molar refractivity (Wildman–Crippen MR) is 100 cm³/mol. The molecule has 0 aliphatic carbocycles. The van der Waals surface area contributed by atoms with Crippen LogP contribution in [0.3, 0.4) is 0 Å². The van der Waals surface area contributed by atoms with E-state index < -0.39 is 23.8 Å². The van der Waals surface area contributed by atoms with E-state index in [0.717, 1.165) is 18.2 Å². The van der Waals surface area contributed by atoms with Gasteiger partial charge in [-0.15, -0.1) is 13.2 Å². The minimum absolute atomic E-state index is 0.0990. The van der Waals surface area contributed by atoms with Crippen molar-refractivity contribution in [2.45, 2.75) is 6.36 Å². The number of hydrogen-bond acceptors (Lipinski definition) is 4. The van der Waals surface area contributed by atoms with Crippen LogP contribution in [0.1, 0.15) is 10.4 Å². The van der Waals surface area contributed by atoms with Crippen molar-refractivity contribution in [3.63, 3.8) is 0 Å². The van der Waals surface area contributed by atoms with Crippen LogP contribution in [0.2, 0.25) is 5.02 Å². The molecule has 5 nitrogen and oxygen atoms in total. The molecule has 0 spiro atoms. The smallest absolute Gasteiger partial charge is 0.406 e. The number of carbonyl (C=O) groups excluding carboxylic acids is 1. The summed E-state index contributed by atoms with van der Waals surface area (Å²) in [5.41, 5.74) is 0.825. The summed E-state index contributed by atoms with van der Waals surface area (Å²) in [6.07, 6.45) is -3.35. The van der Waals surface area contributed by atoms with E-state index in [4.69, 9.17) is 11.6 Å². The van der Waals surface area contributed by atoms with Gasteiger partial charge in [-0.3, -0.25) is 4.79 Å². The van der Waals surface area contributed by atoms with E-state index in [-0.39, 0.29) is 22.1 Å². The van der Waals surface area contributed by atoms with Gasteiger partial charge in [-0.05, 0) is 54.6 Å². The lowest BCUT2D eigenvalue weighted by Crippen LogP contribution is -2.17. The average Bonchev–Trinajstić information content (AvgIpc) is 2.65. The van der Waals surface area contributed by atoms with Crippen molar-refractivity contribution >= 4 is 34.7 Å². The minimum atomic E-state index is -4.80. The molecule has 3 aromatic rings. The van der Waals surface area contributed by atoms with Gasteiger partial charge in [0.2, 0.25) is 0 Å². The quantitative estimate of drug-likeness (QED) is 0.509. The molecule has 0 saturated heterocycles. The molecular weight excluding hydrogens is 414 g/mol. The summed E-state index contributed by atoms with van der Waals surface area (Å²) >= 11 is 5.75. The molecule has 1 aromatic heterocycles. The van der Waals surface area contributed by atoms with Crippen molar-refractivity contribution in [3.8, 4) is 5.75 Å². The van der Waals surface area contributed by atoms with Gasteiger partial charge < -0.3 is 15.4 Å². The van der Waals surface area contributed by atoms with Gasteiger partial charge >= 0.3 is 6.36 Å². The first kappa shape index (κ1) is 20.4. The minimum Gasteiger partial charge on any atom is -0.406 e. The number of ether oxygens (including phenoxy) is 1. The van der Waals surface area contributed by atoms with Crippen molar-refractivity contribution in [1.29, 1.82) is 0 Å². The molecule has 0 aliphatic heterocycles. The second kappa shape index (κ2) is 8.36. The Balaban J connectivity index is 1.75. The van der Waals surface area contributed by atoms with Gasteiger partial charge in [0.15, 0.2) is 0 Å². The second-order valence-corrected chi connectivity index (χ2v) is 6.09. The van der Waals surface area contributed by atoms with Gasteiger partial charge in [0.1, 0.15) is 17.4 Å². The molecule has 3 rings (SSSR count).